The first kappa shape index (κ1) is 25.9. The minimum atomic E-state index is -4.39. The molecule has 0 bridgehead atoms. The molecule has 0 aliphatic rings. The van der Waals surface area contributed by atoms with Crippen LogP contribution in [-0.2, 0) is 14.8 Å². The molecular weight excluding hydrogens is 523 g/mol. The van der Waals surface area contributed by atoms with E-state index in [4.69, 9.17) is 23.2 Å². The van der Waals surface area contributed by atoms with Crippen molar-refractivity contribution in [3.63, 3.8) is 0 Å². The van der Waals surface area contributed by atoms with Gasteiger partial charge in [0.15, 0.2) is 5.82 Å². The molecule has 2 aromatic carbocycles. The van der Waals surface area contributed by atoms with E-state index >= 15 is 0 Å². The molecule has 0 fully saturated rings. The average Bonchev–Trinajstić information content (AvgIpc) is 3.19. The zero-order chi connectivity index (χ0) is 26.4. The molecule has 0 radical (unpaired) electrons. The zero-order valence-corrected chi connectivity index (χ0v) is 22.3. The monoisotopic (exact) mass is 546 g/mol. The number of aromatic nitrogens is 3. The maximum absolute atomic E-state index is 13.9. The lowest BCUT2D eigenvalue weighted by Gasteiger charge is -2.37. The van der Waals surface area contributed by atoms with Gasteiger partial charge in [0.25, 0.3) is 10.0 Å². The van der Waals surface area contributed by atoms with Crippen molar-refractivity contribution in [3.05, 3.63) is 76.5 Å². The van der Waals surface area contributed by atoms with E-state index in [-0.39, 0.29) is 20.6 Å². The predicted molar refractivity (Wildman–Crippen MR) is 141 cm³/mol. The first-order valence-electron chi connectivity index (χ1n) is 10.9. The number of fused-ring (bicyclic) bond motifs is 1. The van der Waals surface area contributed by atoms with Crippen molar-refractivity contribution in [1.82, 2.24) is 14.8 Å². The maximum Gasteiger partial charge on any atom is 0.328 e. The van der Waals surface area contributed by atoms with Crippen molar-refractivity contribution >= 4 is 55.8 Å². The minimum absolute atomic E-state index is 0.121. The molecule has 2 aromatic heterocycles. The van der Waals surface area contributed by atoms with Crippen LogP contribution in [0.15, 0.2) is 65.7 Å². The molecular formula is C25H24Cl2N4O4S. The van der Waals surface area contributed by atoms with E-state index in [2.05, 4.69) is 10.2 Å². The lowest BCUT2D eigenvalue weighted by molar-refractivity contribution is -0.140. The highest BCUT2D eigenvalue weighted by molar-refractivity contribution is 7.93. The van der Waals surface area contributed by atoms with Gasteiger partial charge in [0, 0.05) is 21.6 Å². The average molecular weight is 547 g/mol. The van der Waals surface area contributed by atoms with E-state index in [1.54, 1.807) is 51.2 Å². The molecule has 1 N–H and O–H groups in total. The molecule has 0 aliphatic carbocycles. The third-order valence-electron chi connectivity index (χ3n) is 5.64. The van der Waals surface area contributed by atoms with Crippen molar-refractivity contribution in [2.24, 2.45) is 5.41 Å². The molecule has 188 valence electrons. The van der Waals surface area contributed by atoms with E-state index in [0.29, 0.717) is 11.2 Å². The van der Waals surface area contributed by atoms with Gasteiger partial charge in [-0.2, -0.15) is 5.10 Å². The number of sulfonamides is 1. The number of halogens is 2. The predicted octanol–water partition coefficient (Wildman–Crippen LogP) is 5.73. The van der Waals surface area contributed by atoms with Gasteiger partial charge in [-0.3, -0.25) is 8.87 Å². The third-order valence-corrected chi connectivity index (χ3v) is 7.85. The summed E-state index contributed by atoms with van der Waals surface area (Å²) < 4.78 is 30.6. The van der Waals surface area contributed by atoms with E-state index in [1.165, 1.54) is 18.2 Å². The van der Waals surface area contributed by atoms with Crippen molar-refractivity contribution in [3.8, 4) is 5.82 Å². The molecule has 0 amide bonds. The molecule has 0 aliphatic heterocycles. The van der Waals surface area contributed by atoms with Gasteiger partial charge in [-0.05, 0) is 66.9 Å². The van der Waals surface area contributed by atoms with Crippen LogP contribution in [0.4, 0.5) is 5.69 Å². The highest BCUT2D eigenvalue weighted by atomic mass is 35.5. The number of hydrogen-bond donors (Lipinski definition) is 1. The van der Waals surface area contributed by atoms with Gasteiger partial charge < -0.3 is 5.11 Å². The van der Waals surface area contributed by atoms with Gasteiger partial charge in [0.2, 0.25) is 0 Å². The van der Waals surface area contributed by atoms with E-state index in [0.717, 1.165) is 15.5 Å². The van der Waals surface area contributed by atoms with Gasteiger partial charge in [-0.15, -0.1) is 5.10 Å². The standard InChI is InChI=1S/C25H24Cl2N4O4S/c1-15-5-8-22(29-28-15)30-10-9-16-11-19(6-7-21(16)30)31(23(24(32)33)25(2,3)4)36(34,35)20-13-17(26)12-18(27)14-20/h5-14,23H,1-4H3,(H,32,33). The molecule has 0 spiro atoms. The summed E-state index contributed by atoms with van der Waals surface area (Å²) in [4.78, 5) is 12.3. The Morgan fingerprint density at radius 3 is 2.22 bits per heavy atom. The Morgan fingerprint density at radius 1 is 1.00 bits per heavy atom. The van der Waals surface area contributed by atoms with Crippen LogP contribution in [0.3, 0.4) is 0 Å². The summed E-state index contributed by atoms with van der Waals surface area (Å²) in [6.45, 7) is 6.85. The van der Waals surface area contributed by atoms with Crippen LogP contribution < -0.4 is 4.31 Å². The molecule has 4 rings (SSSR count). The van der Waals surface area contributed by atoms with Crippen LogP contribution in [0.5, 0.6) is 0 Å². The van der Waals surface area contributed by atoms with Gasteiger partial charge in [-0.1, -0.05) is 44.0 Å². The SMILES string of the molecule is Cc1ccc(-n2ccc3cc(N(C(C(=O)O)C(C)(C)C)S(=O)(=O)c4cc(Cl)cc(Cl)c4)ccc32)nn1. The Labute approximate surface area is 219 Å². The summed E-state index contributed by atoms with van der Waals surface area (Å²) in [6.07, 6.45) is 1.79. The first-order valence-corrected chi connectivity index (χ1v) is 13.1. The normalized spacial score (nSPS) is 13.1. The van der Waals surface area contributed by atoms with Crippen LogP contribution in [0.2, 0.25) is 10.0 Å². The van der Waals surface area contributed by atoms with Gasteiger partial charge in [-0.25, -0.2) is 13.2 Å². The summed E-state index contributed by atoms with van der Waals surface area (Å²) >= 11 is 12.2. The lowest BCUT2D eigenvalue weighted by atomic mass is 9.86. The summed E-state index contributed by atoms with van der Waals surface area (Å²) in [7, 11) is -4.39. The number of benzene rings is 2. The van der Waals surface area contributed by atoms with Gasteiger partial charge in [0.05, 0.1) is 21.8 Å². The number of rotatable bonds is 6. The second-order valence-electron chi connectivity index (χ2n) is 9.47. The number of aliphatic carboxylic acids is 1. The third kappa shape index (κ3) is 4.91. The fraction of sp³-hybridized carbons (Fsp3) is 0.240. The molecule has 4 aromatic rings. The molecule has 2 heterocycles. The molecule has 0 saturated heterocycles. The lowest BCUT2D eigenvalue weighted by Crippen LogP contribution is -2.52. The summed E-state index contributed by atoms with van der Waals surface area (Å²) in [5.41, 5.74) is 0.761. The Hall–Kier alpha value is -3.14. The topological polar surface area (TPSA) is 105 Å². The number of hydrogen-bond acceptors (Lipinski definition) is 5. The first-order chi connectivity index (χ1) is 16.8. The summed E-state index contributed by atoms with van der Waals surface area (Å²) in [5.74, 6) is -0.689. The Balaban J connectivity index is 1.93. The zero-order valence-electron chi connectivity index (χ0n) is 20.0. The van der Waals surface area contributed by atoms with Crippen molar-refractivity contribution in [2.75, 3.05) is 4.31 Å². The molecule has 11 heteroatoms. The largest absolute Gasteiger partial charge is 0.480 e. The fourth-order valence-electron chi connectivity index (χ4n) is 4.03. The van der Waals surface area contributed by atoms with Crippen molar-refractivity contribution in [2.45, 2.75) is 38.6 Å². The molecule has 36 heavy (non-hydrogen) atoms. The van der Waals surface area contributed by atoms with E-state index in [9.17, 15) is 18.3 Å². The van der Waals surface area contributed by atoms with Crippen LogP contribution in [0.25, 0.3) is 16.7 Å². The number of nitrogens with zero attached hydrogens (tertiary/aromatic N) is 4. The fourth-order valence-corrected chi connectivity index (χ4v) is 6.54. The maximum atomic E-state index is 13.9. The Bertz CT molecular complexity index is 1540. The highest BCUT2D eigenvalue weighted by Crippen LogP contribution is 2.37. The molecule has 1 atom stereocenters. The Kier molecular flexibility index (Phi) is 6.76. The smallest absolute Gasteiger partial charge is 0.328 e. The van der Waals surface area contributed by atoms with Gasteiger partial charge >= 0.3 is 5.97 Å². The number of carbonyl (C=O) groups is 1. The van der Waals surface area contributed by atoms with Crippen LogP contribution in [-0.4, -0.2) is 40.3 Å². The minimum Gasteiger partial charge on any atom is -0.480 e. The quantitative estimate of drug-likeness (QED) is 0.331. The second-order valence-corrected chi connectivity index (χ2v) is 12.2. The van der Waals surface area contributed by atoms with Crippen molar-refractivity contribution < 1.29 is 18.3 Å². The molecule has 8 nitrogen and oxygen atoms in total. The van der Waals surface area contributed by atoms with Gasteiger partial charge in [0.1, 0.15) is 6.04 Å². The van der Waals surface area contributed by atoms with E-state index in [1.807, 2.05) is 23.6 Å². The molecule has 0 saturated carbocycles. The van der Waals surface area contributed by atoms with E-state index < -0.39 is 27.4 Å². The number of aryl methyl sites for hydroxylation is 1. The number of carboxylic acid groups (broad SMARTS) is 1. The van der Waals surface area contributed by atoms with Crippen molar-refractivity contribution in [1.29, 1.82) is 0 Å². The second kappa shape index (κ2) is 9.38. The molecule has 1 unspecified atom stereocenters. The highest BCUT2D eigenvalue weighted by Gasteiger charge is 2.43. The van der Waals surface area contributed by atoms with Crippen LogP contribution in [0.1, 0.15) is 26.5 Å². The Morgan fingerprint density at radius 2 is 1.67 bits per heavy atom. The summed E-state index contributed by atoms with van der Waals surface area (Å²) in [6, 6.07) is 12.9. The van der Waals surface area contributed by atoms with Crippen LogP contribution in [0, 0.1) is 12.3 Å². The van der Waals surface area contributed by atoms with Crippen LogP contribution >= 0.6 is 23.2 Å². The number of carboxylic acids is 1. The summed E-state index contributed by atoms with van der Waals surface area (Å²) in [5, 5.41) is 19.4. The number of anilines is 1.